The minimum atomic E-state index is -0.524. The number of hydrogen-bond acceptors (Lipinski definition) is 7. The van der Waals surface area contributed by atoms with Gasteiger partial charge in [0.15, 0.2) is 0 Å². The van der Waals surface area contributed by atoms with E-state index < -0.39 is 12.1 Å². The van der Waals surface area contributed by atoms with E-state index in [0.717, 1.165) is 56.0 Å². The first-order chi connectivity index (χ1) is 23.6. The van der Waals surface area contributed by atoms with Crippen molar-refractivity contribution in [1.82, 2.24) is 24.8 Å². The predicted molar refractivity (Wildman–Crippen MR) is 194 cm³/mol. The summed E-state index contributed by atoms with van der Waals surface area (Å²) in [5.74, 6) is 1.27. The molecule has 4 aromatic carbocycles. The van der Waals surface area contributed by atoms with E-state index in [0.29, 0.717) is 53.3 Å². The molecule has 9 nitrogen and oxygen atoms in total. The van der Waals surface area contributed by atoms with Crippen LogP contribution in [0, 0.1) is 27.7 Å². The van der Waals surface area contributed by atoms with Crippen LogP contribution in [0.4, 0.5) is 11.4 Å². The van der Waals surface area contributed by atoms with Crippen molar-refractivity contribution in [3.05, 3.63) is 118 Å². The zero-order valence-electron chi connectivity index (χ0n) is 28.3. The number of nitrogens with one attached hydrogen (secondary N) is 2. The van der Waals surface area contributed by atoms with Crippen LogP contribution in [-0.2, 0) is 12.8 Å². The van der Waals surface area contributed by atoms with Crippen molar-refractivity contribution in [2.45, 2.75) is 59.5 Å². The number of aromatic nitrogens is 4. The van der Waals surface area contributed by atoms with E-state index in [4.69, 9.17) is 20.0 Å². The number of H-pyrrole nitrogens is 2. The van der Waals surface area contributed by atoms with Crippen LogP contribution in [-0.4, -0.2) is 66.5 Å². The molecule has 0 amide bonds. The van der Waals surface area contributed by atoms with E-state index in [-0.39, 0.29) is 11.6 Å². The number of nitrogens with zero attached hydrogens (tertiary/aromatic N) is 5. The first-order valence-corrected chi connectivity index (χ1v) is 16.8. The third kappa shape index (κ3) is 5.50. The maximum Gasteiger partial charge on any atom is 0.211 e. The molecule has 0 fully saturated rings. The van der Waals surface area contributed by atoms with Crippen LogP contribution in [0.3, 0.4) is 0 Å². The Balaban J connectivity index is 1.27. The van der Waals surface area contributed by atoms with Crippen LogP contribution in [0.15, 0.2) is 82.8 Å². The molecular weight excluding hydrogens is 610 g/mol. The Kier molecular flexibility index (Phi) is 7.45. The molecule has 0 bridgehead atoms. The second-order valence-electron chi connectivity index (χ2n) is 13.4. The van der Waals surface area contributed by atoms with Gasteiger partial charge < -0.3 is 9.97 Å². The molecule has 0 radical (unpaired) electrons. The van der Waals surface area contributed by atoms with Gasteiger partial charge in [0, 0.05) is 24.0 Å². The molecule has 2 aliphatic rings. The van der Waals surface area contributed by atoms with Crippen LogP contribution >= 0.6 is 0 Å². The lowest BCUT2D eigenvalue weighted by atomic mass is 9.93. The standard InChI is InChI=1S/C40H37N7O2/c1-6-47(33(19-35-41-29-13-9-23(4)17-31(29)43-35)37-39(48)25-15-21(2)7-11-27(25)45-37)34(20-36-42-30-14-10-24(5)18-32(30)44-36)38-40(49)26-16-22(3)8-12-28(26)46-38/h7-18,33-34H,6,19-20H2,1-5H3,(H,41,43)(H,42,44). The minimum absolute atomic E-state index is 0.106. The van der Waals surface area contributed by atoms with Crippen LogP contribution in [0.5, 0.6) is 0 Å². The lowest BCUT2D eigenvalue weighted by Crippen LogP contribution is -2.54. The number of imidazole rings is 2. The minimum Gasteiger partial charge on any atom is -0.342 e. The number of fused-ring (bicyclic) bond motifs is 4. The molecule has 4 heterocycles. The van der Waals surface area contributed by atoms with Crippen molar-refractivity contribution in [3.8, 4) is 0 Å². The highest BCUT2D eigenvalue weighted by Gasteiger charge is 2.42. The molecule has 9 heteroatoms. The number of benzene rings is 4. The van der Waals surface area contributed by atoms with Gasteiger partial charge in [-0.15, -0.1) is 0 Å². The Bertz CT molecular complexity index is 2230. The number of Topliss-reactive ketones (excluding diaryl/α,β-unsaturated/α-hetero) is 2. The summed E-state index contributed by atoms with van der Waals surface area (Å²) < 4.78 is 0. The number of aromatic amines is 2. The number of carbonyl (C=O) groups is 2. The molecule has 6 aromatic rings. The number of carbonyl (C=O) groups excluding carboxylic acids is 2. The average Bonchev–Trinajstić information content (AvgIpc) is 3.83. The number of aliphatic imine (C=N–C) groups is 2. The lowest BCUT2D eigenvalue weighted by molar-refractivity contribution is 0.105. The van der Waals surface area contributed by atoms with Gasteiger partial charge in [-0.1, -0.05) is 42.3 Å². The maximum atomic E-state index is 14.2. The topological polar surface area (TPSA) is 119 Å². The average molecular weight is 648 g/mol. The highest BCUT2D eigenvalue weighted by Crippen LogP contribution is 2.34. The van der Waals surface area contributed by atoms with Gasteiger partial charge in [-0.05, 0) is 93.9 Å². The van der Waals surface area contributed by atoms with Gasteiger partial charge in [0.05, 0.1) is 45.5 Å². The number of aryl methyl sites for hydroxylation is 4. The van der Waals surface area contributed by atoms with E-state index in [1.54, 1.807) is 0 Å². The number of hydrogen-bond donors (Lipinski definition) is 2. The summed E-state index contributed by atoms with van der Waals surface area (Å²) in [5.41, 5.74) is 11.2. The quantitative estimate of drug-likeness (QED) is 0.169. The van der Waals surface area contributed by atoms with Crippen molar-refractivity contribution in [1.29, 1.82) is 0 Å². The first-order valence-electron chi connectivity index (χ1n) is 16.8. The molecule has 49 heavy (non-hydrogen) atoms. The van der Waals surface area contributed by atoms with Gasteiger partial charge in [0.1, 0.15) is 23.1 Å². The molecule has 2 unspecified atom stereocenters. The number of ketones is 2. The van der Waals surface area contributed by atoms with Crippen molar-refractivity contribution >= 4 is 56.4 Å². The Hall–Kier alpha value is -5.54. The SMILES string of the molecule is CCN(C(Cc1nc2ccc(C)cc2[nH]1)C1=Nc2ccc(C)cc2C1=O)C(Cc1nc2ccc(C)cc2[nH]1)C1=Nc2ccc(C)cc2C1=O. The van der Waals surface area contributed by atoms with Gasteiger partial charge in [-0.3, -0.25) is 14.5 Å². The van der Waals surface area contributed by atoms with Crippen LogP contribution in [0.2, 0.25) is 0 Å². The van der Waals surface area contributed by atoms with Crippen LogP contribution in [0.1, 0.15) is 61.5 Å². The van der Waals surface area contributed by atoms with Gasteiger partial charge in [0.2, 0.25) is 11.6 Å². The highest BCUT2D eigenvalue weighted by molar-refractivity contribution is 6.53. The molecule has 2 aliphatic heterocycles. The molecule has 2 aromatic heterocycles. The van der Waals surface area contributed by atoms with Crippen molar-refractivity contribution in [3.63, 3.8) is 0 Å². The fourth-order valence-electron chi connectivity index (χ4n) is 7.26. The third-order valence-electron chi connectivity index (χ3n) is 9.68. The van der Waals surface area contributed by atoms with Crippen molar-refractivity contribution < 1.29 is 9.59 Å². The van der Waals surface area contributed by atoms with Crippen molar-refractivity contribution in [2.24, 2.45) is 9.98 Å². The van der Waals surface area contributed by atoms with E-state index in [2.05, 4.69) is 47.8 Å². The molecule has 0 spiro atoms. The lowest BCUT2D eigenvalue weighted by Gasteiger charge is -2.36. The first kappa shape index (κ1) is 30.8. The zero-order chi connectivity index (χ0) is 34.0. The van der Waals surface area contributed by atoms with E-state index in [1.165, 1.54) is 0 Å². The second-order valence-corrected chi connectivity index (χ2v) is 13.4. The summed E-state index contributed by atoms with van der Waals surface area (Å²) in [4.78, 5) is 57.5. The number of likely N-dealkylation sites (N-methyl/N-ethyl adjacent to an activating group) is 1. The van der Waals surface area contributed by atoms with Crippen molar-refractivity contribution in [2.75, 3.05) is 6.54 Å². The highest BCUT2D eigenvalue weighted by atomic mass is 16.1. The van der Waals surface area contributed by atoms with E-state index in [1.807, 2.05) is 74.5 Å². The molecule has 0 aliphatic carbocycles. The van der Waals surface area contributed by atoms with Gasteiger partial charge >= 0.3 is 0 Å². The Morgan fingerprint density at radius 2 is 1.00 bits per heavy atom. The molecule has 8 rings (SSSR count). The molecule has 0 saturated heterocycles. The third-order valence-corrected chi connectivity index (χ3v) is 9.68. The fourth-order valence-corrected chi connectivity index (χ4v) is 7.26. The zero-order valence-corrected chi connectivity index (χ0v) is 28.3. The summed E-state index contributed by atoms with van der Waals surface area (Å²) in [6.07, 6.45) is 0.755. The summed E-state index contributed by atoms with van der Waals surface area (Å²) in [5, 5.41) is 0. The van der Waals surface area contributed by atoms with Crippen LogP contribution in [0.25, 0.3) is 22.1 Å². The normalized spacial score (nSPS) is 15.2. The second kappa shape index (κ2) is 11.9. The van der Waals surface area contributed by atoms with E-state index in [9.17, 15) is 9.59 Å². The van der Waals surface area contributed by atoms with Gasteiger partial charge in [-0.25, -0.2) is 20.0 Å². The largest absolute Gasteiger partial charge is 0.342 e. The summed E-state index contributed by atoms with van der Waals surface area (Å²) in [6.45, 7) is 10.6. The summed E-state index contributed by atoms with van der Waals surface area (Å²) >= 11 is 0. The Labute approximate surface area is 284 Å². The van der Waals surface area contributed by atoms with Gasteiger partial charge in [-0.2, -0.15) is 0 Å². The molecule has 0 saturated carbocycles. The molecule has 2 atom stereocenters. The fraction of sp³-hybridized carbons (Fsp3) is 0.250. The predicted octanol–water partition coefficient (Wildman–Crippen LogP) is 7.46. The number of rotatable bonds is 9. The van der Waals surface area contributed by atoms with E-state index >= 15 is 0 Å². The molecule has 2 N–H and O–H groups in total. The maximum absolute atomic E-state index is 14.2. The van der Waals surface area contributed by atoms with Crippen LogP contribution < -0.4 is 0 Å². The Morgan fingerprint density at radius 3 is 1.43 bits per heavy atom. The molecular formula is C40H37N7O2. The summed E-state index contributed by atoms with van der Waals surface area (Å²) in [6, 6.07) is 22.8. The smallest absolute Gasteiger partial charge is 0.211 e. The van der Waals surface area contributed by atoms with Gasteiger partial charge in [0.25, 0.3) is 0 Å². The Morgan fingerprint density at radius 1 is 0.592 bits per heavy atom. The summed E-state index contributed by atoms with van der Waals surface area (Å²) in [7, 11) is 0. The molecule has 244 valence electrons. The monoisotopic (exact) mass is 647 g/mol.